The molecule has 0 heterocycles. The Kier molecular flexibility index (Phi) is 6.02. The van der Waals surface area contributed by atoms with Crippen molar-refractivity contribution in [2.45, 2.75) is 25.9 Å². The van der Waals surface area contributed by atoms with E-state index in [2.05, 4.69) is 10.6 Å². The van der Waals surface area contributed by atoms with E-state index in [1.54, 1.807) is 0 Å². The molecule has 4 nitrogen and oxygen atoms in total. The minimum absolute atomic E-state index is 0.151. The predicted molar refractivity (Wildman–Crippen MR) is 73.0 cm³/mol. The van der Waals surface area contributed by atoms with Gasteiger partial charge in [0.05, 0.1) is 10.6 Å². The smallest absolute Gasteiger partial charge is 0.348 e. The first kappa shape index (κ1) is 17.3. The first-order valence-electron chi connectivity index (χ1n) is 6.21. The summed E-state index contributed by atoms with van der Waals surface area (Å²) in [5.74, 6) is -1.92. The van der Waals surface area contributed by atoms with Crippen LogP contribution in [0.15, 0.2) is 18.2 Å². The van der Waals surface area contributed by atoms with Crippen molar-refractivity contribution in [3.63, 3.8) is 0 Å². The largest absolute Gasteiger partial charge is 0.417 e. The Balaban J connectivity index is 2.75. The van der Waals surface area contributed by atoms with Crippen LogP contribution < -0.4 is 10.6 Å². The fourth-order valence-electron chi connectivity index (χ4n) is 1.47. The standard InChI is InChI=1S/C13H14ClF3N2O2/c1-2-3-6-18-11(20)12(21)19-8-4-5-10(14)9(7-8)13(15,16)17/h4-5,7H,2-3,6H2,1H3,(H,18,20)(H,19,21). The van der Waals surface area contributed by atoms with Gasteiger partial charge in [0.2, 0.25) is 0 Å². The number of benzene rings is 1. The summed E-state index contributed by atoms with van der Waals surface area (Å²) in [5, 5.41) is 3.98. The fourth-order valence-corrected chi connectivity index (χ4v) is 1.69. The summed E-state index contributed by atoms with van der Waals surface area (Å²) in [6, 6.07) is 2.88. The average molecular weight is 323 g/mol. The maximum Gasteiger partial charge on any atom is 0.417 e. The molecule has 0 saturated carbocycles. The lowest BCUT2D eigenvalue weighted by atomic mass is 10.2. The van der Waals surface area contributed by atoms with Gasteiger partial charge in [-0.05, 0) is 24.6 Å². The molecule has 0 unspecified atom stereocenters. The summed E-state index contributed by atoms with van der Waals surface area (Å²) in [6.45, 7) is 2.25. The van der Waals surface area contributed by atoms with Crippen LogP contribution in [-0.2, 0) is 15.8 Å². The zero-order valence-electron chi connectivity index (χ0n) is 11.2. The molecular formula is C13H14ClF3N2O2. The van der Waals surface area contributed by atoms with E-state index in [0.29, 0.717) is 19.0 Å². The Morgan fingerprint density at radius 1 is 1.24 bits per heavy atom. The third-order valence-electron chi connectivity index (χ3n) is 2.55. The monoisotopic (exact) mass is 322 g/mol. The Bertz CT molecular complexity index is 533. The van der Waals surface area contributed by atoms with E-state index in [1.807, 2.05) is 6.92 Å². The highest BCUT2D eigenvalue weighted by molar-refractivity contribution is 6.39. The van der Waals surface area contributed by atoms with E-state index in [-0.39, 0.29) is 5.69 Å². The van der Waals surface area contributed by atoms with E-state index >= 15 is 0 Å². The molecule has 1 rings (SSSR count). The number of anilines is 1. The average Bonchev–Trinajstić information content (AvgIpc) is 2.39. The molecule has 116 valence electrons. The number of nitrogens with one attached hydrogen (secondary N) is 2. The van der Waals surface area contributed by atoms with Crippen molar-refractivity contribution in [3.8, 4) is 0 Å². The second kappa shape index (κ2) is 7.31. The summed E-state index contributed by atoms with van der Waals surface area (Å²) in [5.41, 5.74) is -1.23. The number of hydrogen-bond acceptors (Lipinski definition) is 2. The van der Waals surface area contributed by atoms with Crippen molar-refractivity contribution in [1.29, 1.82) is 0 Å². The summed E-state index contributed by atoms with van der Waals surface area (Å²) in [4.78, 5) is 22.9. The maximum absolute atomic E-state index is 12.7. The van der Waals surface area contributed by atoms with Crippen LogP contribution in [0, 0.1) is 0 Å². The third-order valence-corrected chi connectivity index (χ3v) is 2.88. The normalized spacial score (nSPS) is 11.1. The highest BCUT2D eigenvalue weighted by atomic mass is 35.5. The lowest BCUT2D eigenvalue weighted by Gasteiger charge is -2.11. The molecule has 0 fully saturated rings. The molecule has 0 aromatic heterocycles. The van der Waals surface area contributed by atoms with Crippen LogP contribution in [0.25, 0.3) is 0 Å². The van der Waals surface area contributed by atoms with Gasteiger partial charge in [0.1, 0.15) is 0 Å². The van der Waals surface area contributed by atoms with Crippen LogP contribution in [0.2, 0.25) is 5.02 Å². The zero-order chi connectivity index (χ0) is 16.0. The topological polar surface area (TPSA) is 58.2 Å². The second-order valence-electron chi connectivity index (χ2n) is 4.26. The number of amides is 2. The summed E-state index contributed by atoms with van der Waals surface area (Å²) in [7, 11) is 0. The van der Waals surface area contributed by atoms with E-state index in [9.17, 15) is 22.8 Å². The molecule has 0 aliphatic heterocycles. The lowest BCUT2D eigenvalue weighted by Crippen LogP contribution is -2.35. The highest BCUT2D eigenvalue weighted by Crippen LogP contribution is 2.36. The van der Waals surface area contributed by atoms with Crippen molar-refractivity contribution in [3.05, 3.63) is 28.8 Å². The number of carbonyl (C=O) groups is 2. The molecule has 0 saturated heterocycles. The first-order valence-corrected chi connectivity index (χ1v) is 6.59. The molecule has 8 heteroatoms. The van der Waals surface area contributed by atoms with Gasteiger partial charge < -0.3 is 10.6 Å². The molecule has 0 bridgehead atoms. The van der Waals surface area contributed by atoms with Crippen LogP contribution in [0.4, 0.5) is 18.9 Å². The molecule has 1 aromatic rings. The van der Waals surface area contributed by atoms with Crippen LogP contribution in [0.3, 0.4) is 0 Å². The number of alkyl halides is 3. The quantitative estimate of drug-likeness (QED) is 0.660. The number of carbonyl (C=O) groups excluding carboxylic acids is 2. The fraction of sp³-hybridized carbons (Fsp3) is 0.385. The first-order chi connectivity index (χ1) is 9.75. The van der Waals surface area contributed by atoms with Crippen molar-refractivity contribution < 1.29 is 22.8 Å². The van der Waals surface area contributed by atoms with Gasteiger partial charge in [-0.25, -0.2) is 0 Å². The Morgan fingerprint density at radius 3 is 2.48 bits per heavy atom. The van der Waals surface area contributed by atoms with Crippen molar-refractivity contribution in [1.82, 2.24) is 5.32 Å². The molecule has 0 spiro atoms. The third kappa shape index (κ3) is 5.26. The van der Waals surface area contributed by atoms with Crippen molar-refractivity contribution in [2.75, 3.05) is 11.9 Å². The summed E-state index contributed by atoms with van der Waals surface area (Å²) in [6.07, 6.45) is -3.09. The van der Waals surface area contributed by atoms with E-state index in [1.165, 1.54) is 6.07 Å². The van der Waals surface area contributed by atoms with Crippen LogP contribution in [0.5, 0.6) is 0 Å². The zero-order valence-corrected chi connectivity index (χ0v) is 11.9. The van der Waals surface area contributed by atoms with Gasteiger partial charge in [-0.3, -0.25) is 9.59 Å². The van der Waals surface area contributed by atoms with Crippen LogP contribution in [-0.4, -0.2) is 18.4 Å². The van der Waals surface area contributed by atoms with Gasteiger partial charge >= 0.3 is 18.0 Å². The van der Waals surface area contributed by atoms with Gasteiger partial charge in [0.25, 0.3) is 0 Å². The van der Waals surface area contributed by atoms with Crippen LogP contribution in [0.1, 0.15) is 25.3 Å². The SMILES string of the molecule is CCCCNC(=O)C(=O)Nc1ccc(Cl)c(C(F)(F)F)c1. The van der Waals surface area contributed by atoms with Gasteiger partial charge in [0.15, 0.2) is 0 Å². The maximum atomic E-state index is 12.7. The lowest BCUT2D eigenvalue weighted by molar-refractivity contribution is -0.137. The van der Waals surface area contributed by atoms with Crippen molar-refractivity contribution in [2.24, 2.45) is 0 Å². The molecule has 21 heavy (non-hydrogen) atoms. The van der Waals surface area contributed by atoms with Crippen LogP contribution >= 0.6 is 11.6 Å². The summed E-state index contributed by atoms with van der Waals surface area (Å²) >= 11 is 5.45. The highest BCUT2D eigenvalue weighted by Gasteiger charge is 2.33. The molecule has 0 aliphatic rings. The molecule has 0 atom stereocenters. The Hall–Kier alpha value is -1.76. The second-order valence-corrected chi connectivity index (χ2v) is 4.66. The molecule has 2 amide bonds. The van der Waals surface area contributed by atoms with Crippen molar-refractivity contribution >= 4 is 29.1 Å². The van der Waals surface area contributed by atoms with E-state index in [0.717, 1.165) is 12.5 Å². The van der Waals surface area contributed by atoms with E-state index < -0.39 is 28.6 Å². The van der Waals surface area contributed by atoms with Gasteiger partial charge in [-0.1, -0.05) is 24.9 Å². The molecule has 2 N–H and O–H groups in total. The van der Waals surface area contributed by atoms with E-state index in [4.69, 9.17) is 11.6 Å². The minimum atomic E-state index is -4.64. The van der Waals surface area contributed by atoms with Gasteiger partial charge in [-0.2, -0.15) is 13.2 Å². The number of halogens is 4. The predicted octanol–water partition coefficient (Wildman–Crippen LogP) is 3.21. The number of rotatable bonds is 4. The molecule has 0 radical (unpaired) electrons. The van der Waals surface area contributed by atoms with Gasteiger partial charge in [-0.15, -0.1) is 0 Å². The number of unbranched alkanes of at least 4 members (excludes halogenated alkanes) is 1. The Labute approximate surface area is 124 Å². The number of hydrogen-bond donors (Lipinski definition) is 2. The molecule has 0 aliphatic carbocycles. The molecular weight excluding hydrogens is 309 g/mol. The Morgan fingerprint density at radius 2 is 1.90 bits per heavy atom. The van der Waals surface area contributed by atoms with Gasteiger partial charge in [0, 0.05) is 12.2 Å². The molecule has 1 aromatic carbocycles. The summed E-state index contributed by atoms with van der Waals surface area (Å²) < 4.78 is 38.0. The minimum Gasteiger partial charge on any atom is -0.348 e.